The van der Waals surface area contributed by atoms with Gasteiger partial charge in [0.1, 0.15) is 0 Å². The van der Waals surface area contributed by atoms with Crippen molar-refractivity contribution in [1.29, 1.82) is 0 Å². The second-order valence-electron chi connectivity index (χ2n) is 5.41. The number of carbonyl (C=O) groups is 2. The molecule has 0 unspecified atom stereocenters. The van der Waals surface area contributed by atoms with Crippen LogP contribution in [0.3, 0.4) is 0 Å². The molecule has 1 fully saturated rings. The first-order valence-electron chi connectivity index (χ1n) is 6.73. The molecule has 20 heavy (non-hydrogen) atoms. The van der Waals surface area contributed by atoms with Gasteiger partial charge in [-0.2, -0.15) is 0 Å². The van der Waals surface area contributed by atoms with E-state index < -0.39 is 6.10 Å². The predicted octanol–water partition coefficient (Wildman–Crippen LogP) is 2.12. The van der Waals surface area contributed by atoms with Crippen LogP contribution in [0.25, 0.3) is 0 Å². The third-order valence-electron chi connectivity index (χ3n) is 3.16. The fourth-order valence-electron chi connectivity index (χ4n) is 2.03. The lowest BCUT2D eigenvalue weighted by atomic mass is 10.1. The lowest BCUT2D eigenvalue weighted by Crippen LogP contribution is -2.27. The highest BCUT2D eigenvalue weighted by Gasteiger charge is 2.32. The summed E-state index contributed by atoms with van der Waals surface area (Å²) in [6.07, 6.45) is 1.16. The fraction of sp³-hybridized carbons (Fsp3) is 0.375. The summed E-state index contributed by atoms with van der Waals surface area (Å²) in [6, 6.07) is 7.80. The summed E-state index contributed by atoms with van der Waals surface area (Å²) in [5.41, 5.74) is 2.10. The molecule has 1 aromatic rings. The van der Waals surface area contributed by atoms with Crippen LogP contribution in [-0.4, -0.2) is 17.8 Å². The molecule has 1 aliphatic rings. The first-order chi connectivity index (χ1) is 9.45. The molecule has 2 rings (SSSR count). The van der Waals surface area contributed by atoms with Gasteiger partial charge in [0.05, 0.1) is 0 Å². The molecule has 4 heteroatoms. The average molecular weight is 273 g/mol. The summed E-state index contributed by atoms with van der Waals surface area (Å²) >= 11 is 0. The summed E-state index contributed by atoms with van der Waals surface area (Å²) in [5.74, 6) is 0.0573. The summed E-state index contributed by atoms with van der Waals surface area (Å²) in [4.78, 5) is 23.5. The Bertz CT molecular complexity index is 543. The number of ether oxygens (including phenoxy) is 1. The molecule has 1 N–H and O–H groups in total. The molecule has 0 aliphatic carbocycles. The Morgan fingerprint density at radius 3 is 2.55 bits per heavy atom. The molecular weight excluding hydrogens is 254 g/mol. The van der Waals surface area contributed by atoms with Crippen molar-refractivity contribution in [2.45, 2.75) is 33.3 Å². The van der Waals surface area contributed by atoms with Crippen molar-refractivity contribution in [3.8, 4) is 0 Å². The Hall–Kier alpha value is -2.10. The predicted molar refractivity (Wildman–Crippen MR) is 75.8 cm³/mol. The van der Waals surface area contributed by atoms with Gasteiger partial charge in [0.2, 0.25) is 0 Å². The van der Waals surface area contributed by atoms with Crippen molar-refractivity contribution in [1.82, 2.24) is 5.32 Å². The zero-order valence-electron chi connectivity index (χ0n) is 12.0. The van der Waals surface area contributed by atoms with Gasteiger partial charge in [-0.1, -0.05) is 43.7 Å². The number of nitrogens with one attached hydrogen (secondary N) is 1. The Balaban J connectivity index is 1.99. The number of amides is 1. The number of benzene rings is 1. The molecule has 106 valence electrons. The van der Waals surface area contributed by atoms with Gasteiger partial charge in [0, 0.05) is 12.5 Å². The van der Waals surface area contributed by atoms with Gasteiger partial charge in [-0.05, 0) is 18.4 Å². The molecular formula is C16H19NO3. The van der Waals surface area contributed by atoms with E-state index in [0.717, 1.165) is 11.1 Å². The molecule has 1 aromatic carbocycles. The zero-order chi connectivity index (χ0) is 14.7. The smallest absolute Gasteiger partial charge is 0.268 e. The first-order valence-corrected chi connectivity index (χ1v) is 6.73. The van der Waals surface area contributed by atoms with Gasteiger partial charge in [-0.3, -0.25) is 14.9 Å². The highest BCUT2D eigenvalue weighted by Crippen LogP contribution is 2.17. The standard InChI is InChI=1S/C16H19NO3/c1-10(2)15-16(19)17-14(20-15)9-13(18)8-12-6-4-11(3)5-7-12/h4-7,9-10,15H,8H2,1-3H3,(H,17,19)/b14-9+/t15-/m0/s1. The number of aryl methyl sites for hydroxylation is 1. The van der Waals surface area contributed by atoms with Crippen molar-refractivity contribution < 1.29 is 14.3 Å². The van der Waals surface area contributed by atoms with E-state index in [1.165, 1.54) is 6.08 Å². The van der Waals surface area contributed by atoms with Gasteiger partial charge in [-0.25, -0.2) is 0 Å². The van der Waals surface area contributed by atoms with Crippen LogP contribution in [0.1, 0.15) is 25.0 Å². The van der Waals surface area contributed by atoms with E-state index in [4.69, 9.17) is 4.74 Å². The summed E-state index contributed by atoms with van der Waals surface area (Å²) < 4.78 is 5.44. The second kappa shape index (κ2) is 5.90. The molecule has 1 saturated heterocycles. The van der Waals surface area contributed by atoms with Crippen molar-refractivity contribution in [3.63, 3.8) is 0 Å². The quantitative estimate of drug-likeness (QED) is 0.855. The molecule has 0 saturated carbocycles. The first kappa shape index (κ1) is 14.3. The van der Waals surface area contributed by atoms with Crippen LogP contribution in [0.15, 0.2) is 36.2 Å². The molecule has 0 radical (unpaired) electrons. The monoisotopic (exact) mass is 273 g/mol. The van der Waals surface area contributed by atoms with Crippen molar-refractivity contribution in [2.24, 2.45) is 5.92 Å². The molecule has 1 atom stereocenters. The number of ketones is 1. The normalized spacial score (nSPS) is 20.1. The molecule has 1 aliphatic heterocycles. The number of allylic oxidation sites excluding steroid dienone is 1. The molecule has 4 nitrogen and oxygen atoms in total. The van der Waals surface area contributed by atoms with Crippen LogP contribution in [0, 0.1) is 12.8 Å². The Labute approximate surface area is 118 Å². The maximum Gasteiger partial charge on any atom is 0.268 e. The van der Waals surface area contributed by atoms with E-state index in [1.54, 1.807) is 0 Å². The summed E-state index contributed by atoms with van der Waals surface area (Å²) in [5, 5.41) is 2.59. The topological polar surface area (TPSA) is 55.4 Å². The number of rotatable bonds is 4. The highest BCUT2D eigenvalue weighted by molar-refractivity contribution is 5.93. The maximum absolute atomic E-state index is 11.9. The lowest BCUT2D eigenvalue weighted by molar-refractivity contribution is -0.125. The minimum atomic E-state index is -0.506. The van der Waals surface area contributed by atoms with E-state index in [-0.39, 0.29) is 23.5 Å². The second-order valence-corrected chi connectivity index (χ2v) is 5.41. The largest absolute Gasteiger partial charge is 0.465 e. The van der Waals surface area contributed by atoms with Crippen molar-refractivity contribution in [2.75, 3.05) is 0 Å². The van der Waals surface area contributed by atoms with Gasteiger partial charge in [0.15, 0.2) is 17.8 Å². The summed E-state index contributed by atoms with van der Waals surface area (Å²) in [7, 11) is 0. The van der Waals surface area contributed by atoms with Crippen LogP contribution < -0.4 is 5.32 Å². The van der Waals surface area contributed by atoms with Gasteiger partial charge < -0.3 is 4.74 Å². The van der Waals surface area contributed by atoms with Gasteiger partial charge in [-0.15, -0.1) is 0 Å². The molecule has 1 amide bonds. The van der Waals surface area contributed by atoms with Crippen molar-refractivity contribution in [3.05, 3.63) is 47.4 Å². The van der Waals surface area contributed by atoms with Crippen LogP contribution in [0.2, 0.25) is 0 Å². The Morgan fingerprint density at radius 2 is 2.00 bits per heavy atom. The number of hydrogen-bond donors (Lipinski definition) is 1. The average Bonchev–Trinajstić information content (AvgIpc) is 2.73. The van der Waals surface area contributed by atoms with Crippen LogP contribution in [-0.2, 0) is 20.7 Å². The Morgan fingerprint density at radius 1 is 1.35 bits per heavy atom. The van der Waals surface area contributed by atoms with E-state index in [2.05, 4.69) is 5.32 Å². The zero-order valence-corrected chi connectivity index (χ0v) is 12.0. The number of hydrogen-bond acceptors (Lipinski definition) is 3. The molecule has 0 bridgehead atoms. The maximum atomic E-state index is 11.9. The van der Waals surface area contributed by atoms with E-state index in [0.29, 0.717) is 6.42 Å². The molecule has 0 spiro atoms. The third-order valence-corrected chi connectivity index (χ3v) is 3.16. The van der Waals surface area contributed by atoms with Crippen LogP contribution in [0.4, 0.5) is 0 Å². The third kappa shape index (κ3) is 3.47. The van der Waals surface area contributed by atoms with Gasteiger partial charge in [0.25, 0.3) is 5.91 Å². The summed E-state index contributed by atoms with van der Waals surface area (Å²) in [6.45, 7) is 5.81. The van der Waals surface area contributed by atoms with Crippen molar-refractivity contribution >= 4 is 11.7 Å². The minimum absolute atomic E-state index is 0.0769. The van der Waals surface area contributed by atoms with E-state index in [1.807, 2.05) is 45.0 Å². The van der Waals surface area contributed by atoms with E-state index >= 15 is 0 Å². The highest BCUT2D eigenvalue weighted by atomic mass is 16.5. The lowest BCUT2D eigenvalue weighted by Gasteiger charge is -2.10. The van der Waals surface area contributed by atoms with Crippen LogP contribution >= 0.6 is 0 Å². The number of carbonyl (C=O) groups excluding carboxylic acids is 2. The van der Waals surface area contributed by atoms with Crippen LogP contribution in [0.5, 0.6) is 0 Å². The molecule has 1 heterocycles. The van der Waals surface area contributed by atoms with Gasteiger partial charge >= 0.3 is 0 Å². The minimum Gasteiger partial charge on any atom is -0.465 e. The molecule has 0 aromatic heterocycles. The fourth-order valence-corrected chi connectivity index (χ4v) is 2.03. The Kier molecular flexibility index (Phi) is 4.23. The van der Waals surface area contributed by atoms with E-state index in [9.17, 15) is 9.59 Å². The SMILES string of the molecule is Cc1ccc(CC(=O)/C=C2\NC(=O)[C@H](C(C)C)O2)cc1.